The lowest BCUT2D eigenvalue weighted by atomic mass is 10.1. The van der Waals surface area contributed by atoms with Crippen molar-refractivity contribution in [3.05, 3.63) is 77.1 Å². The van der Waals surface area contributed by atoms with E-state index in [1.165, 1.54) is 11.4 Å². The maximum absolute atomic E-state index is 13.6. The monoisotopic (exact) mass is 395 g/mol. The van der Waals surface area contributed by atoms with Crippen LogP contribution >= 0.6 is 0 Å². The van der Waals surface area contributed by atoms with Crippen LogP contribution in [0.5, 0.6) is 0 Å². The molecule has 9 heteroatoms. The van der Waals surface area contributed by atoms with Gasteiger partial charge in [0.2, 0.25) is 5.82 Å². The Hall–Kier alpha value is -3.49. The number of amides is 1. The Bertz CT molecular complexity index is 1070. The Morgan fingerprint density at radius 2 is 1.36 bits per heavy atom. The predicted octanol–water partition coefficient (Wildman–Crippen LogP) is 4.33. The third-order valence-electron chi connectivity index (χ3n) is 3.82. The molecule has 0 aliphatic carbocycles. The SMILES string of the molecule is O=C(COC(=O)c1cccc2ccccc12)Nc1c(F)c(F)c(F)c(F)c1F. The van der Waals surface area contributed by atoms with Crippen LogP contribution in [0.1, 0.15) is 10.4 Å². The van der Waals surface area contributed by atoms with Gasteiger partial charge in [-0.3, -0.25) is 4.79 Å². The summed E-state index contributed by atoms with van der Waals surface area (Å²) < 4.78 is 71.2. The summed E-state index contributed by atoms with van der Waals surface area (Å²) in [5.74, 6) is -13.4. The second-order valence-corrected chi connectivity index (χ2v) is 5.60. The minimum absolute atomic E-state index is 0.141. The molecule has 0 saturated heterocycles. The fourth-order valence-corrected chi connectivity index (χ4v) is 2.50. The number of esters is 1. The number of rotatable bonds is 4. The van der Waals surface area contributed by atoms with Crippen molar-refractivity contribution in [2.24, 2.45) is 0 Å². The molecule has 0 saturated carbocycles. The van der Waals surface area contributed by atoms with Gasteiger partial charge in [-0.1, -0.05) is 36.4 Å². The predicted molar refractivity (Wildman–Crippen MR) is 89.1 cm³/mol. The zero-order valence-corrected chi connectivity index (χ0v) is 13.9. The maximum atomic E-state index is 13.6. The number of nitrogens with one attached hydrogen (secondary N) is 1. The molecule has 1 N–H and O–H groups in total. The highest BCUT2D eigenvalue weighted by atomic mass is 19.2. The maximum Gasteiger partial charge on any atom is 0.339 e. The Kier molecular flexibility index (Phi) is 5.25. The van der Waals surface area contributed by atoms with Crippen molar-refractivity contribution in [2.75, 3.05) is 11.9 Å². The van der Waals surface area contributed by atoms with Crippen molar-refractivity contribution in [1.29, 1.82) is 0 Å². The topological polar surface area (TPSA) is 55.4 Å². The molecule has 0 fully saturated rings. The molecule has 144 valence electrons. The van der Waals surface area contributed by atoms with Gasteiger partial charge in [-0.15, -0.1) is 0 Å². The second kappa shape index (κ2) is 7.63. The molecular weight excluding hydrogens is 385 g/mol. The number of halogens is 5. The van der Waals surface area contributed by atoms with Gasteiger partial charge in [0.1, 0.15) is 5.69 Å². The Balaban J connectivity index is 1.74. The third-order valence-corrected chi connectivity index (χ3v) is 3.82. The van der Waals surface area contributed by atoms with E-state index in [-0.39, 0.29) is 5.56 Å². The van der Waals surface area contributed by atoms with Crippen molar-refractivity contribution in [3.8, 4) is 0 Å². The van der Waals surface area contributed by atoms with Gasteiger partial charge in [-0.2, -0.15) is 0 Å². The lowest BCUT2D eigenvalue weighted by Gasteiger charge is -2.11. The number of anilines is 1. The summed E-state index contributed by atoms with van der Waals surface area (Å²) in [5, 5.41) is 2.81. The van der Waals surface area contributed by atoms with E-state index < -0.39 is 53.3 Å². The van der Waals surface area contributed by atoms with E-state index in [0.29, 0.717) is 5.39 Å². The third kappa shape index (κ3) is 3.51. The smallest absolute Gasteiger partial charge is 0.339 e. The van der Waals surface area contributed by atoms with Gasteiger partial charge in [-0.25, -0.2) is 26.7 Å². The van der Waals surface area contributed by atoms with Gasteiger partial charge in [0.25, 0.3) is 5.91 Å². The first kappa shape index (κ1) is 19.3. The summed E-state index contributed by atoms with van der Waals surface area (Å²) >= 11 is 0. The average Bonchev–Trinajstić information content (AvgIpc) is 2.71. The molecular formula is C19H10F5NO3. The number of carbonyl (C=O) groups is 2. The summed E-state index contributed by atoms with van der Waals surface area (Å²) in [6, 6.07) is 11.6. The molecule has 4 nitrogen and oxygen atoms in total. The van der Waals surface area contributed by atoms with E-state index in [1.54, 1.807) is 36.4 Å². The second-order valence-electron chi connectivity index (χ2n) is 5.60. The molecule has 0 unspecified atom stereocenters. The van der Waals surface area contributed by atoms with Crippen LogP contribution in [0, 0.1) is 29.1 Å². The van der Waals surface area contributed by atoms with Gasteiger partial charge in [0.05, 0.1) is 5.56 Å². The average molecular weight is 395 g/mol. The molecule has 0 aromatic heterocycles. The van der Waals surface area contributed by atoms with Crippen molar-refractivity contribution in [2.45, 2.75) is 0 Å². The molecule has 3 aromatic carbocycles. The molecule has 0 bridgehead atoms. The number of hydrogen-bond donors (Lipinski definition) is 1. The first-order valence-electron chi connectivity index (χ1n) is 7.77. The molecule has 1 amide bonds. The molecule has 28 heavy (non-hydrogen) atoms. The number of carbonyl (C=O) groups excluding carboxylic acids is 2. The number of ether oxygens (including phenoxy) is 1. The molecule has 0 aliphatic heterocycles. The van der Waals surface area contributed by atoms with Crippen molar-refractivity contribution in [1.82, 2.24) is 0 Å². The van der Waals surface area contributed by atoms with Crippen molar-refractivity contribution >= 4 is 28.3 Å². The van der Waals surface area contributed by atoms with Crippen LogP contribution < -0.4 is 5.32 Å². The van der Waals surface area contributed by atoms with Crippen LogP contribution in [-0.4, -0.2) is 18.5 Å². The van der Waals surface area contributed by atoms with Crippen LogP contribution in [0.3, 0.4) is 0 Å². The fraction of sp³-hybridized carbons (Fsp3) is 0.0526. The summed E-state index contributed by atoms with van der Waals surface area (Å²) in [6.07, 6.45) is 0. The lowest BCUT2D eigenvalue weighted by Crippen LogP contribution is -2.23. The molecule has 3 rings (SSSR count). The first-order chi connectivity index (χ1) is 13.3. The van der Waals surface area contributed by atoms with E-state index >= 15 is 0 Å². The Morgan fingerprint density at radius 1 is 0.786 bits per heavy atom. The first-order valence-corrected chi connectivity index (χ1v) is 7.77. The largest absolute Gasteiger partial charge is 0.452 e. The minimum Gasteiger partial charge on any atom is -0.452 e. The Morgan fingerprint density at radius 3 is 2.04 bits per heavy atom. The Labute approximate surface area is 154 Å². The molecule has 3 aromatic rings. The number of benzene rings is 3. The highest BCUT2D eigenvalue weighted by Gasteiger charge is 2.27. The molecule has 0 heterocycles. The van der Waals surface area contributed by atoms with Gasteiger partial charge in [0.15, 0.2) is 29.9 Å². The zero-order chi connectivity index (χ0) is 20.4. The summed E-state index contributed by atoms with van der Waals surface area (Å²) in [7, 11) is 0. The van der Waals surface area contributed by atoms with E-state index in [4.69, 9.17) is 4.74 Å². The summed E-state index contributed by atoms with van der Waals surface area (Å²) in [6.45, 7) is -0.998. The van der Waals surface area contributed by atoms with Gasteiger partial charge >= 0.3 is 5.97 Å². The van der Waals surface area contributed by atoms with E-state index in [0.717, 1.165) is 5.39 Å². The number of fused-ring (bicyclic) bond motifs is 1. The highest BCUT2D eigenvalue weighted by molar-refractivity contribution is 6.05. The quantitative estimate of drug-likeness (QED) is 0.310. The van der Waals surface area contributed by atoms with Gasteiger partial charge < -0.3 is 10.1 Å². The molecule has 0 spiro atoms. The minimum atomic E-state index is -2.35. The van der Waals surface area contributed by atoms with E-state index in [9.17, 15) is 31.5 Å². The number of hydrogen-bond acceptors (Lipinski definition) is 3. The molecule has 0 aliphatic rings. The van der Waals surface area contributed by atoms with Gasteiger partial charge in [-0.05, 0) is 16.8 Å². The zero-order valence-electron chi connectivity index (χ0n) is 13.9. The van der Waals surface area contributed by atoms with Crippen molar-refractivity contribution < 1.29 is 36.3 Å². The van der Waals surface area contributed by atoms with Gasteiger partial charge in [0, 0.05) is 0 Å². The van der Waals surface area contributed by atoms with Crippen molar-refractivity contribution in [3.63, 3.8) is 0 Å². The fourth-order valence-electron chi connectivity index (χ4n) is 2.50. The van der Waals surface area contributed by atoms with Crippen LogP contribution in [0.25, 0.3) is 10.8 Å². The van der Waals surface area contributed by atoms with Crippen LogP contribution in [0.4, 0.5) is 27.6 Å². The van der Waals surface area contributed by atoms with Crippen LogP contribution in [0.15, 0.2) is 42.5 Å². The standard InChI is InChI=1S/C19H10F5NO3/c20-13-14(21)16(23)18(17(24)15(13)22)25-12(26)8-28-19(27)11-7-3-5-9-4-1-2-6-10(9)11/h1-7H,8H2,(H,25,26). The highest BCUT2D eigenvalue weighted by Crippen LogP contribution is 2.27. The lowest BCUT2D eigenvalue weighted by molar-refractivity contribution is -0.119. The normalized spacial score (nSPS) is 10.8. The van der Waals surface area contributed by atoms with E-state index in [2.05, 4.69) is 0 Å². The molecule has 0 radical (unpaired) electrons. The van der Waals surface area contributed by atoms with Crippen LogP contribution in [0.2, 0.25) is 0 Å². The summed E-state index contributed by atoms with van der Waals surface area (Å²) in [4.78, 5) is 23.9. The van der Waals surface area contributed by atoms with E-state index in [1.807, 2.05) is 0 Å². The summed E-state index contributed by atoms with van der Waals surface area (Å²) in [5.41, 5.74) is -1.38. The van der Waals surface area contributed by atoms with Crippen LogP contribution in [-0.2, 0) is 9.53 Å². The molecule has 0 atom stereocenters.